The van der Waals surface area contributed by atoms with Crippen LogP contribution < -0.4 is 0 Å². The molecule has 0 heterocycles. The maximum Gasteiger partial charge on any atom is 0.192 e. The first kappa shape index (κ1) is 10.3. The highest BCUT2D eigenvalue weighted by Crippen LogP contribution is 2.10. The highest BCUT2D eigenvalue weighted by atomic mass is 35.5. The molecule has 44 valence electrons. The number of hydrogen-bond acceptors (Lipinski definition) is 1. The van der Waals surface area contributed by atoms with Gasteiger partial charge in [0.25, 0.3) is 0 Å². The van der Waals surface area contributed by atoms with Gasteiger partial charge >= 0.3 is 0 Å². The van der Waals surface area contributed by atoms with Gasteiger partial charge in [-0.1, -0.05) is 6.08 Å². The van der Waals surface area contributed by atoms with Crippen LogP contribution in [0.4, 0.5) is 0 Å². The standard InChI is InChI=1S/C3H7O2P.ClH/c1-2-3-6(4)5;/h2,6H,1,3H2,(H,4,5);1H. The van der Waals surface area contributed by atoms with Crippen molar-refractivity contribution in [2.45, 2.75) is 0 Å². The molecule has 0 fully saturated rings. The molecule has 4 heteroatoms. The monoisotopic (exact) mass is 142 g/mol. The number of halogens is 1. The van der Waals surface area contributed by atoms with Gasteiger partial charge in [-0.3, -0.25) is 4.57 Å². The Morgan fingerprint density at radius 3 is 2.29 bits per heavy atom. The molecule has 0 aliphatic rings. The summed E-state index contributed by atoms with van der Waals surface area (Å²) in [6, 6.07) is 0. The molecule has 0 radical (unpaired) electrons. The van der Waals surface area contributed by atoms with Crippen molar-refractivity contribution in [3.63, 3.8) is 0 Å². The van der Waals surface area contributed by atoms with Gasteiger partial charge in [-0.25, -0.2) is 0 Å². The third kappa shape index (κ3) is 10.7. The fourth-order valence-electron chi connectivity index (χ4n) is 0.123. The Bertz CT molecular complexity index is 73.3. The Kier molecular flexibility index (Phi) is 9.11. The lowest BCUT2D eigenvalue weighted by molar-refractivity contribution is 0.506. The Balaban J connectivity index is 0. The molecule has 0 aromatic rings. The quantitative estimate of drug-likeness (QED) is 0.463. The van der Waals surface area contributed by atoms with Crippen LogP contribution in [0.25, 0.3) is 0 Å². The molecular formula is C3H8ClO2P. The molecule has 1 atom stereocenters. The molecule has 0 bridgehead atoms. The molecule has 0 spiro atoms. The van der Waals surface area contributed by atoms with Crippen molar-refractivity contribution in [1.82, 2.24) is 0 Å². The number of hydrogen-bond donors (Lipinski definition) is 1. The van der Waals surface area contributed by atoms with Crippen LogP contribution in [0.1, 0.15) is 0 Å². The van der Waals surface area contributed by atoms with Gasteiger partial charge in [0.2, 0.25) is 0 Å². The van der Waals surface area contributed by atoms with Crippen LogP contribution in [0.5, 0.6) is 0 Å². The van der Waals surface area contributed by atoms with Gasteiger partial charge in [-0.2, -0.15) is 0 Å². The first-order valence-electron chi connectivity index (χ1n) is 1.60. The fraction of sp³-hybridized carbons (Fsp3) is 0.333. The summed E-state index contributed by atoms with van der Waals surface area (Å²) in [6.45, 7) is 3.27. The van der Waals surface area contributed by atoms with Gasteiger partial charge < -0.3 is 4.89 Å². The highest BCUT2D eigenvalue weighted by molar-refractivity contribution is 7.38. The van der Waals surface area contributed by atoms with Crippen LogP contribution in [-0.4, -0.2) is 11.1 Å². The second kappa shape index (κ2) is 6.22. The van der Waals surface area contributed by atoms with E-state index in [0.29, 0.717) is 0 Å². The van der Waals surface area contributed by atoms with Crippen molar-refractivity contribution < 1.29 is 9.46 Å². The lowest BCUT2D eigenvalue weighted by Crippen LogP contribution is -1.61. The van der Waals surface area contributed by atoms with Crippen LogP contribution in [0.3, 0.4) is 0 Å². The van der Waals surface area contributed by atoms with Gasteiger partial charge in [0.1, 0.15) is 0 Å². The summed E-state index contributed by atoms with van der Waals surface area (Å²) in [5, 5.41) is 0. The zero-order valence-corrected chi connectivity index (χ0v) is 5.57. The van der Waals surface area contributed by atoms with E-state index < -0.39 is 8.03 Å². The zero-order chi connectivity index (χ0) is 4.99. The van der Waals surface area contributed by atoms with Crippen LogP contribution in [0, 0.1) is 0 Å². The Labute approximate surface area is 49.5 Å². The molecule has 0 aliphatic heterocycles. The molecule has 7 heavy (non-hydrogen) atoms. The lowest BCUT2D eigenvalue weighted by Gasteiger charge is -1.77. The summed E-state index contributed by atoms with van der Waals surface area (Å²) in [4.78, 5) is 8.03. The number of rotatable bonds is 2. The predicted molar refractivity (Wildman–Crippen MR) is 33.5 cm³/mol. The molecule has 2 nitrogen and oxygen atoms in total. The van der Waals surface area contributed by atoms with E-state index in [-0.39, 0.29) is 18.6 Å². The zero-order valence-electron chi connectivity index (χ0n) is 3.76. The van der Waals surface area contributed by atoms with E-state index >= 15 is 0 Å². The SMILES string of the molecule is C=CC[PH](=O)O.Cl. The lowest BCUT2D eigenvalue weighted by atomic mass is 10.8. The normalized spacial score (nSPS) is 11.6. The van der Waals surface area contributed by atoms with Crippen LogP contribution in [-0.2, 0) is 4.57 Å². The summed E-state index contributed by atoms with van der Waals surface area (Å²) in [7, 11) is -2.25. The number of allylic oxidation sites excluding steroid dienone is 1. The van der Waals surface area contributed by atoms with Gasteiger partial charge in [-0.15, -0.1) is 19.0 Å². The van der Waals surface area contributed by atoms with Crippen molar-refractivity contribution in [3.05, 3.63) is 12.7 Å². The summed E-state index contributed by atoms with van der Waals surface area (Å²) >= 11 is 0. The molecule has 0 saturated carbocycles. The average molecular weight is 143 g/mol. The van der Waals surface area contributed by atoms with Crippen molar-refractivity contribution in [1.29, 1.82) is 0 Å². The molecule has 0 amide bonds. The van der Waals surface area contributed by atoms with Crippen LogP contribution in [0.2, 0.25) is 0 Å². The first-order valence-corrected chi connectivity index (χ1v) is 3.16. The Morgan fingerprint density at radius 1 is 1.86 bits per heavy atom. The second-order valence-corrected chi connectivity index (χ2v) is 2.08. The van der Waals surface area contributed by atoms with E-state index in [0.717, 1.165) is 0 Å². The second-order valence-electron chi connectivity index (χ2n) is 0.887. The fourth-order valence-corrected chi connectivity index (χ4v) is 0.370. The minimum absolute atomic E-state index is 0. The summed E-state index contributed by atoms with van der Waals surface area (Å²) in [6.07, 6.45) is 1.67. The molecule has 0 aromatic carbocycles. The van der Waals surface area contributed by atoms with Crippen molar-refractivity contribution in [2.24, 2.45) is 0 Å². The van der Waals surface area contributed by atoms with E-state index in [1.54, 1.807) is 0 Å². The van der Waals surface area contributed by atoms with Gasteiger partial charge in [-0.05, 0) is 0 Å². The topological polar surface area (TPSA) is 37.3 Å². The first-order chi connectivity index (χ1) is 2.77. The molecule has 0 rings (SSSR count). The molecule has 1 N–H and O–H groups in total. The molecule has 1 unspecified atom stereocenters. The molecule has 0 aliphatic carbocycles. The van der Waals surface area contributed by atoms with Crippen molar-refractivity contribution in [2.75, 3.05) is 6.16 Å². The Morgan fingerprint density at radius 2 is 2.29 bits per heavy atom. The van der Waals surface area contributed by atoms with Gasteiger partial charge in [0.15, 0.2) is 8.03 Å². The largest absolute Gasteiger partial charge is 0.346 e. The third-order valence-corrected chi connectivity index (χ3v) is 0.957. The smallest absolute Gasteiger partial charge is 0.192 e. The summed E-state index contributed by atoms with van der Waals surface area (Å²) in [5.74, 6) is 0. The van der Waals surface area contributed by atoms with E-state index in [1.807, 2.05) is 0 Å². The summed E-state index contributed by atoms with van der Waals surface area (Å²) < 4.78 is 9.71. The maximum absolute atomic E-state index is 9.71. The van der Waals surface area contributed by atoms with E-state index in [9.17, 15) is 4.57 Å². The van der Waals surface area contributed by atoms with Gasteiger partial charge in [0.05, 0.1) is 0 Å². The van der Waals surface area contributed by atoms with Crippen LogP contribution in [0.15, 0.2) is 12.7 Å². The van der Waals surface area contributed by atoms with E-state index in [2.05, 4.69) is 6.58 Å². The van der Waals surface area contributed by atoms with Crippen LogP contribution >= 0.6 is 20.4 Å². The Hall–Kier alpha value is 0.220. The predicted octanol–water partition coefficient (Wildman–Crippen LogP) is 1.06. The maximum atomic E-state index is 9.71. The highest BCUT2D eigenvalue weighted by Gasteiger charge is 1.79. The molecular weight excluding hydrogens is 134 g/mol. The average Bonchev–Trinajstić information content (AvgIpc) is 1.35. The van der Waals surface area contributed by atoms with Gasteiger partial charge in [0, 0.05) is 6.16 Å². The van der Waals surface area contributed by atoms with Crippen molar-refractivity contribution >= 4 is 20.4 Å². The van der Waals surface area contributed by atoms with E-state index in [1.165, 1.54) is 6.08 Å². The minimum Gasteiger partial charge on any atom is -0.346 e. The minimum atomic E-state index is -2.25. The van der Waals surface area contributed by atoms with E-state index in [4.69, 9.17) is 4.89 Å². The summed E-state index contributed by atoms with van der Waals surface area (Å²) in [5.41, 5.74) is 0. The van der Waals surface area contributed by atoms with Crippen molar-refractivity contribution in [3.8, 4) is 0 Å². The third-order valence-electron chi connectivity index (χ3n) is 0.319. The molecule has 0 saturated heterocycles. The molecule has 0 aromatic heterocycles.